The van der Waals surface area contributed by atoms with Crippen molar-refractivity contribution in [2.24, 2.45) is 0 Å². The quantitative estimate of drug-likeness (QED) is 0.209. The molecule has 0 atom stereocenters. The van der Waals surface area contributed by atoms with E-state index in [9.17, 15) is 26.4 Å². The molecule has 3 aromatic heterocycles. The van der Waals surface area contributed by atoms with Crippen LogP contribution in [-0.2, 0) is 21.2 Å². The molecule has 0 bridgehead atoms. The Morgan fingerprint density at radius 1 is 0.923 bits per heavy atom. The Morgan fingerprint density at radius 3 is 2.41 bits per heavy atom. The fraction of sp³-hybridized carbons (Fsp3) is 0.107. The largest absolute Gasteiger partial charge is 0.342 e. The van der Waals surface area contributed by atoms with E-state index in [1.54, 1.807) is 48.7 Å². The maximum Gasteiger partial charge on any atom is 0.213 e. The number of rotatable bonds is 7. The predicted molar refractivity (Wildman–Crippen MR) is 142 cm³/mol. The molecule has 0 aliphatic rings. The number of benzene rings is 2. The lowest BCUT2D eigenvalue weighted by molar-refractivity contribution is -0.105. The Labute approximate surface area is 222 Å². The smallest absolute Gasteiger partial charge is 0.213 e. The number of carbonyl (C=O) groups excluding carboxylic acids is 1. The van der Waals surface area contributed by atoms with Crippen molar-refractivity contribution < 1.29 is 26.4 Å². The number of nitrogens with zero attached hydrogens (tertiary/aromatic N) is 3. The molecule has 0 saturated heterocycles. The third kappa shape index (κ3) is 6.50. The van der Waals surface area contributed by atoms with Gasteiger partial charge in [0.05, 0.1) is 21.6 Å². The van der Waals surface area contributed by atoms with E-state index < -0.39 is 27.4 Å². The summed E-state index contributed by atoms with van der Waals surface area (Å²) < 4.78 is 68.3. The first-order chi connectivity index (χ1) is 18.7. The highest BCUT2D eigenvalue weighted by atomic mass is 32.2. The number of fused-ring (bicyclic) bond motifs is 1. The van der Waals surface area contributed by atoms with Gasteiger partial charge in [-0.15, -0.1) is 0 Å². The first kappa shape index (κ1) is 27.5. The zero-order valence-corrected chi connectivity index (χ0v) is 21.5. The van der Waals surface area contributed by atoms with E-state index in [4.69, 9.17) is 0 Å². The van der Waals surface area contributed by atoms with Crippen LogP contribution in [0.1, 0.15) is 12.5 Å². The van der Waals surface area contributed by atoms with Gasteiger partial charge in [0.1, 0.15) is 17.5 Å². The summed E-state index contributed by atoms with van der Waals surface area (Å²) in [6, 6.07) is 17.3. The number of carbonyl (C=O) groups is 1. The molecule has 5 aromatic rings. The molecule has 7 nitrogen and oxygen atoms in total. The van der Waals surface area contributed by atoms with E-state index in [0.29, 0.717) is 23.9 Å². The molecule has 1 amide bonds. The average Bonchev–Trinajstić information content (AvgIpc) is 3.29. The zero-order valence-electron chi connectivity index (χ0n) is 20.7. The summed E-state index contributed by atoms with van der Waals surface area (Å²) in [5.74, 6) is -1.94. The van der Waals surface area contributed by atoms with Crippen LogP contribution in [0.25, 0.3) is 22.0 Å². The van der Waals surface area contributed by atoms with Crippen LogP contribution in [0.2, 0.25) is 0 Å². The summed E-state index contributed by atoms with van der Waals surface area (Å²) in [6.45, 7) is 1.65. The Morgan fingerprint density at radius 2 is 1.72 bits per heavy atom. The molecule has 0 radical (unpaired) electrons. The molecule has 2 aromatic carbocycles. The monoisotopic (exact) mass is 552 g/mol. The van der Waals surface area contributed by atoms with Gasteiger partial charge in [-0.3, -0.25) is 4.79 Å². The average molecular weight is 553 g/mol. The van der Waals surface area contributed by atoms with Gasteiger partial charge < -0.3 is 9.88 Å². The lowest BCUT2D eigenvalue weighted by Crippen LogP contribution is -2.03. The van der Waals surface area contributed by atoms with Crippen molar-refractivity contribution in [3.05, 3.63) is 108 Å². The number of aromatic nitrogens is 3. The van der Waals surface area contributed by atoms with Crippen molar-refractivity contribution in [2.45, 2.75) is 18.4 Å². The van der Waals surface area contributed by atoms with E-state index >= 15 is 0 Å². The van der Waals surface area contributed by atoms with Crippen LogP contribution in [0.4, 0.5) is 19.0 Å². The number of sulfone groups is 1. The molecule has 200 valence electrons. The Balaban J connectivity index is 0.000000333. The highest BCUT2D eigenvalue weighted by Gasteiger charge is 2.23. The summed E-state index contributed by atoms with van der Waals surface area (Å²) in [4.78, 5) is 17.0. The zero-order chi connectivity index (χ0) is 28.0. The minimum atomic E-state index is -3.72. The van der Waals surface area contributed by atoms with Crippen molar-refractivity contribution in [3.63, 3.8) is 0 Å². The molecule has 39 heavy (non-hydrogen) atoms. The van der Waals surface area contributed by atoms with E-state index in [2.05, 4.69) is 15.3 Å². The van der Waals surface area contributed by atoms with Crippen molar-refractivity contribution in [3.8, 4) is 11.1 Å². The third-order valence-corrected chi connectivity index (χ3v) is 7.53. The highest BCUT2D eigenvalue weighted by Crippen LogP contribution is 2.31. The number of anilines is 1. The van der Waals surface area contributed by atoms with Crippen LogP contribution < -0.4 is 5.32 Å². The molecule has 0 unspecified atom stereocenters. The van der Waals surface area contributed by atoms with Gasteiger partial charge in [-0.25, -0.2) is 27.2 Å². The molecule has 0 fully saturated rings. The molecule has 0 aliphatic carbocycles. The molecule has 3 heterocycles. The molecular formula is C28H23F3N4O3S. The van der Waals surface area contributed by atoms with E-state index in [0.717, 1.165) is 17.2 Å². The van der Waals surface area contributed by atoms with Gasteiger partial charge in [0, 0.05) is 37.3 Å². The summed E-state index contributed by atoms with van der Waals surface area (Å²) >= 11 is 0. The summed E-state index contributed by atoms with van der Waals surface area (Å²) in [7, 11) is -3.72. The fourth-order valence-electron chi connectivity index (χ4n) is 3.96. The van der Waals surface area contributed by atoms with Crippen molar-refractivity contribution in [2.75, 3.05) is 11.1 Å². The summed E-state index contributed by atoms with van der Waals surface area (Å²) in [6.07, 6.45) is 4.92. The van der Waals surface area contributed by atoms with Gasteiger partial charge in [0.25, 0.3) is 0 Å². The van der Waals surface area contributed by atoms with Crippen molar-refractivity contribution >= 4 is 33.0 Å². The molecule has 11 heteroatoms. The van der Waals surface area contributed by atoms with Crippen LogP contribution in [-0.4, -0.2) is 35.1 Å². The van der Waals surface area contributed by atoms with Crippen molar-refractivity contribution in [1.82, 2.24) is 14.5 Å². The first-order valence-electron chi connectivity index (χ1n) is 11.7. The van der Waals surface area contributed by atoms with Crippen molar-refractivity contribution in [1.29, 1.82) is 0 Å². The second-order valence-electron chi connectivity index (χ2n) is 8.35. The van der Waals surface area contributed by atoms with Gasteiger partial charge in [0.2, 0.25) is 12.4 Å². The number of nitrogens with one attached hydrogen (secondary N) is 1. The number of halogens is 3. The lowest BCUT2D eigenvalue weighted by atomic mass is 10.0. The Kier molecular flexibility index (Phi) is 8.40. The predicted octanol–water partition coefficient (Wildman–Crippen LogP) is 5.61. The summed E-state index contributed by atoms with van der Waals surface area (Å²) in [5, 5.41) is 2.30. The molecular weight excluding hydrogens is 529 g/mol. The minimum absolute atomic E-state index is 0.120. The minimum Gasteiger partial charge on any atom is -0.342 e. The topological polar surface area (TPSA) is 94.0 Å². The fourth-order valence-corrected chi connectivity index (χ4v) is 5.08. The molecule has 0 spiro atoms. The highest BCUT2D eigenvalue weighted by molar-refractivity contribution is 7.91. The number of hydrogen-bond donors (Lipinski definition) is 1. The molecule has 1 N–H and O–H groups in total. The lowest BCUT2D eigenvalue weighted by Gasteiger charge is -2.08. The number of pyridine rings is 2. The van der Waals surface area contributed by atoms with Gasteiger partial charge in [0.15, 0.2) is 9.84 Å². The maximum atomic E-state index is 14.5. The standard InChI is InChI=1S/C22H17F3N2O2S.C6H6N2O/c1-2-30(28,29)20-13-27(19-11-17(23)10-18(24)22(19)20)12-14-4-3-5-15(8-14)16-6-7-26-21(25)9-16;9-5-8-6-3-1-2-4-7-6/h3-11,13H,2,12H2,1H3;1-5H,(H,7,8,9). The van der Waals surface area contributed by atoms with Crippen LogP contribution in [0.15, 0.2) is 90.2 Å². The van der Waals surface area contributed by atoms with Crippen LogP contribution >= 0.6 is 0 Å². The summed E-state index contributed by atoms with van der Waals surface area (Å²) in [5.41, 5.74) is 2.28. The second-order valence-corrected chi connectivity index (χ2v) is 10.6. The SMILES string of the molecule is CCS(=O)(=O)c1cn(Cc2cccc(-c3ccnc(F)c3)c2)c2cc(F)cc(F)c12.O=CNc1ccccn1. The Hall–Kier alpha value is -4.51. The van der Waals surface area contributed by atoms with Gasteiger partial charge >= 0.3 is 0 Å². The third-order valence-electron chi connectivity index (χ3n) is 5.79. The molecule has 0 saturated carbocycles. The van der Waals surface area contributed by atoms with Gasteiger partial charge in [-0.1, -0.05) is 31.2 Å². The number of amides is 1. The molecule has 0 aliphatic heterocycles. The van der Waals surface area contributed by atoms with Gasteiger partial charge in [-0.2, -0.15) is 4.39 Å². The normalized spacial score (nSPS) is 11.1. The number of hydrogen-bond acceptors (Lipinski definition) is 5. The van der Waals surface area contributed by atoms with E-state index in [1.807, 2.05) is 6.07 Å². The van der Waals surface area contributed by atoms with E-state index in [1.165, 1.54) is 30.0 Å². The van der Waals surface area contributed by atoms with E-state index in [-0.39, 0.29) is 28.1 Å². The first-order valence-corrected chi connectivity index (χ1v) is 13.4. The molecule has 5 rings (SSSR count). The van der Waals surface area contributed by atoms with Crippen LogP contribution in [0, 0.1) is 17.6 Å². The maximum absolute atomic E-state index is 14.5. The Bertz CT molecular complexity index is 1730. The second kappa shape index (κ2) is 11.9. The van der Waals surface area contributed by atoms with Gasteiger partial charge in [-0.05, 0) is 47.0 Å². The van der Waals surface area contributed by atoms with Crippen LogP contribution in [0.3, 0.4) is 0 Å². The van der Waals surface area contributed by atoms with Crippen LogP contribution in [0.5, 0.6) is 0 Å².